The first kappa shape index (κ1) is 22.2. The van der Waals surface area contributed by atoms with Crippen LogP contribution in [0.15, 0.2) is 95.9 Å². The smallest absolute Gasteiger partial charge is 0.264 e. The van der Waals surface area contributed by atoms with E-state index < -0.39 is 10.0 Å². The van der Waals surface area contributed by atoms with Crippen LogP contribution in [-0.4, -0.2) is 26.9 Å². The van der Waals surface area contributed by atoms with Crippen LogP contribution in [0.1, 0.15) is 29.8 Å². The van der Waals surface area contributed by atoms with Gasteiger partial charge in [-0.15, -0.1) is 0 Å². The van der Waals surface area contributed by atoms with Crippen LogP contribution in [0.4, 0.5) is 11.4 Å². The fourth-order valence-electron chi connectivity index (χ4n) is 4.83. The van der Waals surface area contributed by atoms with Gasteiger partial charge in [0, 0.05) is 23.5 Å². The van der Waals surface area contributed by atoms with E-state index in [4.69, 9.17) is 0 Å². The van der Waals surface area contributed by atoms with E-state index in [2.05, 4.69) is 0 Å². The van der Waals surface area contributed by atoms with Gasteiger partial charge in [-0.3, -0.25) is 9.10 Å². The molecule has 4 aromatic carbocycles. The van der Waals surface area contributed by atoms with Crippen molar-refractivity contribution in [3.05, 3.63) is 102 Å². The molecule has 5 rings (SSSR count). The molecule has 1 unspecified atom stereocenters. The van der Waals surface area contributed by atoms with E-state index in [1.807, 2.05) is 80.6 Å². The number of nitrogens with zero attached hydrogens (tertiary/aromatic N) is 2. The monoisotopic (exact) mass is 470 g/mol. The van der Waals surface area contributed by atoms with Gasteiger partial charge in [-0.05, 0) is 61.5 Å². The van der Waals surface area contributed by atoms with Crippen LogP contribution in [0.3, 0.4) is 0 Å². The highest BCUT2D eigenvalue weighted by Gasteiger charge is 2.36. The highest BCUT2D eigenvalue weighted by atomic mass is 32.2. The van der Waals surface area contributed by atoms with Gasteiger partial charge in [-0.25, -0.2) is 8.42 Å². The number of rotatable bonds is 5. The maximum absolute atomic E-state index is 13.7. The predicted octanol–water partition coefficient (Wildman–Crippen LogP) is 5.65. The van der Waals surface area contributed by atoms with Crippen LogP contribution in [0, 0.1) is 0 Å². The van der Waals surface area contributed by atoms with Crippen molar-refractivity contribution in [1.82, 2.24) is 0 Å². The van der Waals surface area contributed by atoms with Gasteiger partial charge in [0.1, 0.15) is 0 Å². The third kappa shape index (κ3) is 3.64. The summed E-state index contributed by atoms with van der Waals surface area (Å²) in [7, 11) is -3.83. The van der Waals surface area contributed by atoms with E-state index >= 15 is 0 Å². The molecule has 0 bridgehead atoms. The van der Waals surface area contributed by atoms with E-state index in [-0.39, 0.29) is 16.8 Å². The molecule has 0 N–H and O–H groups in total. The molecule has 172 valence electrons. The van der Waals surface area contributed by atoms with Crippen molar-refractivity contribution in [3.63, 3.8) is 0 Å². The normalized spacial score (nSPS) is 15.4. The third-order valence-electron chi connectivity index (χ3n) is 6.40. The second-order valence-electron chi connectivity index (χ2n) is 8.56. The standard InChI is InChI=1S/C28H26N2O3S/c1-3-29(27-17-9-12-21-10-4-6-15-25(21)27)28(31)23-13-8-14-24(19-23)34(32,33)30-20(2)18-22-11-5-7-16-26(22)30/h4-17,19-20H,3,18H2,1-2H3. The van der Waals surface area contributed by atoms with Crippen LogP contribution in [0.5, 0.6) is 0 Å². The fourth-order valence-corrected chi connectivity index (χ4v) is 6.57. The summed E-state index contributed by atoms with van der Waals surface area (Å²) in [4.78, 5) is 15.4. The molecule has 1 atom stereocenters. The number of amides is 1. The Balaban J connectivity index is 1.53. The summed E-state index contributed by atoms with van der Waals surface area (Å²) in [6.45, 7) is 4.29. The maximum atomic E-state index is 13.7. The largest absolute Gasteiger partial charge is 0.308 e. The summed E-state index contributed by atoms with van der Waals surface area (Å²) >= 11 is 0. The first-order valence-electron chi connectivity index (χ1n) is 11.4. The molecule has 1 aliphatic rings. The highest BCUT2D eigenvalue weighted by Crippen LogP contribution is 2.37. The Morgan fingerprint density at radius 1 is 0.941 bits per heavy atom. The van der Waals surface area contributed by atoms with Crippen LogP contribution in [-0.2, 0) is 16.4 Å². The minimum atomic E-state index is -3.83. The third-order valence-corrected chi connectivity index (χ3v) is 8.33. The number of anilines is 2. The van der Waals surface area contributed by atoms with Crippen LogP contribution in [0.25, 0.3) is 10.8 Å². The van der Waals surface area contributed by atoms with Crippen molar-refractivity contribution >= 4 is 38.1 Å². The summed E-state index contributed by atoms with van der Waals surface area (Å²) in [6.07, 6.45) is 0.665. The number of hydrogen-bond acceptors (Lipinski definition) is 3. The number of benzene rings is 4. The first-order valence-corrected chi connectivity index (χ1v) is 12.9. The molecule has 1 amide bonds. The Bertz CT molecular complexity index is 1490. The van der Waals surface area contributed by atoms with Crippen molar-refractivity contribution in [2.75, 3.05) is 15.7 Å². The molecule has 4 aromatic rings. The van der Waals surface area contributed by atoms with Gasteiger partial charge in [-0.1, -0.05) is 60.7 Å². The first-order chi connectivity index (χ1) is 16.4. The molecule has 0 saturated heterocycles. The minimum Gasteiger partial charge on any atom is -0.308 e. The van der Waals surface area contributed by atoms with Crippen molar-refractivity contribution in [2.24, 2.45) is 0 Å². The molecular formula is C28H26N2O3S. The Kier molecular flexibility index (Phi) is 5.62. The molecule has 0 aromatic heterocycles. The van der Waals surface area contributed by atoms with Gasteiger partial charge in [0.05, 0.1) is 16.3 Å². The molecule has 0 fully saturated rings. The maximum Gasteiger partial charge on any atom is 0.264 e. The van der Waals surface area contributed by atoms with E-state index in [0.29, 0.717) is 24.2 Å². The molecule has 0 saturated carbocycles. The molecule has 1 aliphatic heterocycles. The summed E-state index contributed by atoms with van der Waals surface area (Å²) in [5.41, 5.74) is 2.87. The Labute approximate surface area is 200 Å². The Hall–Kier alpha value is -3.64. The fraction of sp³-hybridized carbons (Fsp3) is 0.179. The van der Waals surface area contributed by atoms with Gasteiger partial charge < -0.3 is 4.90 Å². The van der Waals surface area contributed by atoms with Crippen molar-refractivity contribution in [3.8, 4) is 0 Å². The molecule has 34 heavy (non-hydrogen) atoms. The summed E-state index contributed by atoms with van der Waals surface area (Å²) in [6, 6.07) is 27.6. The number of hydrogen-bond donors (Lipinski definition) is 0. The van der Waals surface area contributed by atoms with Crippen LogP contribution < -0.4 is 9.21 Å². The lowest BCUT2D eigenvalue weighted by Crippen LogP contribution is -2.36. The second kappa shape index (κ2) is 8.61. The lowest BCUT2D eigenvalue weighted by molar-refractivity contribution is 0.0988. The van der Waals surface area contributed by atoms with Crippen molar-refractivity contribution in [1.29, 1.82) is 0 Å². The van der Waals surface area contributed by atoms with E-state index in [1.54, 1.807) is 23.1 Å². The Morgan fingerprint density at radius 3 is 2.47 bits per heavy atom. The molecule has 6 heteroatoms. The number of carbonyl (C=O) groups excluding carboxylic acids is 1. The second-order valence-corrected chi connectivity index (χ2v) is 10.4. The zero-order chi connectivity index (χ0) is 23.9. The van der Waals surface area contributed by atoms with Crippen LogP contribution in [0.2, 0.25) is 0 Å². The predicted molar refractivity (Wildman–Crippen MR) is 137 cm³/mol. The van der Waals surface area contributed by atoms with Gasteiger partial charge in [0.2, 0.25) is 0 Å². The number of carbonyl (C=O) groups is 1. The molecule has 5 nitrogen and oxygen atoms in total. The minimum absolute atomic E-state index is 0.121. The van der Waals surface area contributed by atoms with Crippen molar-refractivity contribution in [2.45, 2.75) is 31.2 Å². The van der Waals surface area contributed by atoms with Gasteiger partial charge in [0.15, 0.2) is 0 Å². The number of para-hydroxylation sites is 1. The van der Waals surface area contributed by atoms with Gasteiger partial charge in [-0.2, -0.15) is 0 Å². The highest BCUT2D eigenvalue weighted by molar-refractivity contribution is 7.92. The van der Waals surface area contributed by atoms with Crippen molar-refractivity contribution < 1.29 is 13.2 Å². The van der Waals surface area contributed by atoms with Gasteiger partial charge in [0.25, 0.3) is 15.9 Å². The summed E-state index contributed by atoms with van der Waals surface area (Å²) < 4.78 is 28.8. The zero-order valence-electron chi connectivity index (χ0n) is 19.2. The van der Waals surface area contributed by atoms with Crippen LogP contribution >= 0.6 is 0 Å². The van der Waals surface area contributed by atoms with E-state index in [0.717, 1.165) is 22.0 Å². The topological polar surface area (TPSA) is 57.7 Å². The van der Waals surface area contributed by atoms with E-state index in [9.17, 15) is 13.2 Å². The molecule has 0 spiro atoms. The molecule has 1 heterocycles. The zero-order valence-corrected chi connectivity index (χ0v) is 20.0. The average molecular weight is 471 g/mol. The molecule has 0 radical (unpaired) electrons. The summed E-state index contributed by atoms with van der Waals surface area (Å²) in [5.74, 6) is -0.231. The quantitative estimate of drug-likeness (QED) is 0.379. The Morgan fingerprint density at radius 2 is 1.65 bits per heavy atom. The lowest BCUT2D eigenvalue weighted by Gasteiger charge is -2.25. The number of sulfonamides is 1. The SMILES string of the molecule is CCN(C(=O)c1cccc(S(=O)(=O)N2c3ccccc3CC2C)c1)c1cccc2ccccc12. The lowest BCUT2D eigenvalue weighted by atomic mass is 10.1. The number of fused-ring (bicyclic) bond motifs is 2. The van der Waals surface area contributed by atoms with Gasteiger partial charge >= 0.3 is 0 Å². The average Bonchev–Trinajstić information content (AvgIpc) is 3.21. The summed E-state index contributed by atoms with van der Waals surface area (Å²) in [5, 5.41) is 2.02. The van der Waals surface area contributed by atoms with E-state index in [1.165, 1.54) is 10.4 Å². The molecule has 0 aliphatic carbocycles. The molecular weight excluding hydrogens is 444 g/mol.